The van der Waals surface area contributed by atoms with Crippen LogP contribution in [0.2, 0.25) is 0 Å². The Hall–Kier alpha value is -3.59. The molecule has 0 saturated carbocycles. The molecule has 0 aromatic heterocycles. The van der Waals surface area contributed by atoms with E-state index in [1.807, 2.05) is 0 Å². The van der Waals surface area contributed by atoms with Crippen molar-refractivity contribution in [2.24, 2.45) is 5.10 Å². The SMILES string of the molecule is COc1cc(/C=N/NC(=O)c2ccc(O)cc2)ccc1OCC(=O)N1CCOCC1. The number of hydrogen-bond donors (Lipinski definition) is 2. The second kappa shape index (κ2) is 10.3. The number of phenols is 1. The maximum Gasteiger partial charge on any atom is 0.271 e. The van der Waals surface area contributed by atoms with E-state index in [0.717, 1.165) is 0 Å². The molecular weight excluding hydrogens is 390 g/mol. The second-order valence-electron chi connectivity index (χ2n) is 6.44. The standard InChI is InChI=1S/C21H23N3O6/c1-28-19-12-15(13-22-23-21(27)16-3-5-17(25)6-4-16)2-7-18(19)30-14-20(26)24-8-10-29-11-9-24/h2-7,12-13,25H,8-11,14H2,1H3,(H,23,27)/b22-13+. The smallest absolute Gasteiger partial charge is 0.271 e. The summed E-state index contributed by atoms with van der Waals surface area (Å²) in [5.41, 5.74) is 3.45. The average molecular weight is 413 g/mol. The summed E-state index contributed by atoms with van der Waals surface area (Å²) in [5, 5.41) is 13.2. The molecule has 158 valence electrons. The Morgan fingerprint density at radius 1 is 1.17 bits per heavy atom. The number of hydrazone groups is 1. The molecule has 2 amide bonds. The third kappa shape index (κ3) is 5.71. The summed E-state index contributed by atoms with van der Waals surface area (Å²) in [5.74, 6) is 0.446. The first kappa shape index (κ1) is 21.1. The van der Waals surface area contributed by atoms with Crippen LogP contribution in [0.4, 0.5) is 0 Å². The third-order valence-corrected chi connectivity index (χ3v) is 4.41. The predicted molar refractivity (Wildman–Crippen MR) is 109 cm³/mol. The first-order chi connectivity index (χ1) is 14.6. The van der Waals surface area contributed by atoms with Crippen LogP contribution < -0.4 is 14.9 Å². The van der Waals surface area contributed by atoms with Crippen LogP contribution in [0.25, 0.3) is 0 Å². The number of nitrogens with zero attached hydrogens (tertiary/aromatic N) is 2. The normalized spacial score (nSPS) is 13.8. The van der Waals surface area contributed by atoms with Crippen molar-refractivity contribution in [1.29, 1.82) is 0 Å². The fourth-order valence-corrected chi connectivity index (χ4v) is 2.77. The van der Waals surface area contributed by atoms with Gasteiger partial charge in [0.25, 0.3) is 11.8 Å². The average Bonchev–Trinajstić information content (AvgIpc) is 2.78. The van der Waals surface area contributed by atoms with Crippen molar-refractivity contribution in [1.82, 2.24) is 10.3 Å². The lowest BCUT2D eigenvalue weighted by atomic mass is 10.2. The number of morpholine rings is 1. The van der Waals surface area contributed by atoms with Crippen LogP contribution in [0.1, 0.15) is 15.9 Å². The first-order valence-electron chi connectivity index (χ1n) is 9.35. The van der Waals surface area contributed by atoms with E-state index in [9.17, 15) is 14.7 Å². The number of methoxy groups -OCH3 is 1. The van der Waals surface area contributed by atoms with Gasteiger partial charge in [0.1, 0.15) is 5.75 Å². The van der Waals surface area contributed by atoms with Crippen molar-refractivity contribution in [3.05, 3.63) is 53.6 Å². The molecule has 2 aromatic rings. The number of ether oxygens (including phenoxy) is 3. The van der Waals surface area contributed by atoms with Gasteiger partial charge in [-0.25, -0.2) is 5.43 Å². The highest BCUT2D eigenvalue weighted by Crippen LogP contribution is 2.27. The van der Waals surface area contributed by atoms with Crippen LogP contribution >= 0.6 is 0 Å². The number of aromatic hydroxyl groups is 1. The summed E-state index contributed by atoms with van der Waals surface area (Å²) < 4.78 is 16.2. The zero-order valence-corrected chi connectivity index (χ0v) is 16.5. The van der Waals surface area contributed by atoms with Crippen molar-refractivity contribution in [2.75, 3.05) is 40.0 Å². The lowest BCUT2D eigenvalue weighted by Gasteiger charge is -2.26. The Morgan fingerprint density at radius 3 is 2.60 bits per heavy atom. The number of carbonyl (C=O) groups excluding carboxylic acids is 2. The van der Waals surface area contributed by atoms with Crippen LogP contribution in [0.3, 0.4) is 0 Å². The Balaban J connectivity index is 1.56. The second-order valence-corrected chi connectivity index (χ2v) is 6.44. The number of carbonyl (C=O) groups is 2. The Labute approximate surface area is 173 Å². The highest BCUT2D eigenvalue weighted by Gasteiger charge is 2.18. The van der Waals surface area contributed by atoms with E-state index < -0.39 is 5.91 Å². The highest BCUT2D eigenvalue weighted by atomic mass is 16.5. The minimum absolute atomic E-state index is 0.0797. The molecule has 0 radical (unpaired) electrons. The van der Waals surface area contributed by atoms with Gasteiger partial charge in [-0.1, -0.05) is 0 Å². The number of nitrogens with one attached hydrogen (secondary N) is 1. The molecule has 0 aliphatic carbocycles. The topological polar surface area (TPSA) is 110 Å². The van der Waals surface area contributed by atoms with Gasteiger partial charge in [0.2, 0.25) is 0 Å². The highest BCUT2D eigenvalue weighted by molar-refractivity contribution is 5.95. The van der Waals surface area contributed by atoms with Crippen LogP contribution in [0.5, 0.6) is 17.2 Å². The summed E-state index contributed by atoms with van der Waals surface area (Å²) in [4.78, 5) is 25.9. The largest absolute Gasteiger partial charge is 0.508 e. The molecule has 9 nitrogen and oxygen atoms in total. The summed E-state index contributed by atoms with van der Waals surface area (Å²) >= 11 is 0. The Morgan fingerprint density at radius 2 is 1.90 bits per heavy atom. The van der Waals surface area contributed by atoms with Crippen molar-refractivity contribution >= 4 is 18.0 Å². The van der Waals surface area contributed by atoms with Gasteiger partial charge in [-0.05, 0) is 48.0 Å². The predicted octanol–water partition coefficient (Wildman–Crippen LogP) is 1.40. The van der Waals surface area contributed by atoms with E-state index in [1.165, 1.54) is 37.6 Å². The van der Waals surface area contributed by atoms with Crippen LogP contribution in [0, 0.1) is 0 Å². The quantitative estimate of drug-likeness (QED) is 0.525. The van der Waals surface area contributed by atoms with E-state index in [1.54, 1.807) is 23.1 Å². The Kier molecular flexibility index (Phi) is 7.23. The maximum absolute atomic E-state index is 12.2. The lowest BCUT2D eigenvalue weighted by Crippen LogP contribution is -2.43. The maximum atomic E-state index is 12.2. The van der Waals surface area contributed by atoms with E-state index in [2.05, 4.69) is 10.5 Å². The van der Waals surface area contributed by atoms with Crippen molar-refractivity contribution < 1.29 is 28.9 Å². The van der Waals surface area contributed by atoms with Crippen LogP contribution in [-0.2, 0) is 9.53 Å². The van der Waals surface area contributed by atoms with Gasteiger partial charge >= 0.3 is 0 Å². The number of rotatable bonds is 7. The van der Waals surface area contributed by atoms with Crippen molar-refractivity contribution in [3.8, 4) is 17.2 Å². The first-order valence-corrected chi connectivity index (χ1v) is 9.35. The van der Waals surface area contributed by atoms with Gasteiger partial charge in [-0.15, -0.1) is 0 Å². The zero-order chi connectivity index (χ0) is 21.3. The van der Waals surface area contributed by atoms with Gasteiger partial charge in [0.05, 0.1) is 26.5 Å². The third-order valence-electron chi connectivity index (χ3n) is 4.41. The molecule has 3 rings (SSSR count). The molecule has 0 unspecified atom stereocenters. The summed E-state index contributed by atoms with van der Waals surface area (Å²) in [6.07, 6.45) is 1.46. The molecule has 1 aliphatic rings. The number of hydrogen-bond acceptors (Lipinski definition) is 7. The number of benzene rings is 2. The van der Waals surface area contributed by atoms with Gasteiger partial charge in [0, 0.05) is 18.7 Å². The molecule has 1 fully saturated rings. The molecule has 2 aromatic carbocycles. The summed E-state index contributed by atoms with van der Waals surface area (Å²) in [6, 6.07) is 10.9. The Bertz CT molecular complexity index is 907. The molecule has 30 heavy (non-hydrogen) atoms. The number of phenolic OH excluding ortho intramolecular Hbond substituents is 1. The molecule has 2 N–H and O–H groups in total. The zero-order valence-electron chi connectivity index (χ0n) is 16.5. The molecule has 0 atom stereocenters. The fraction of sp³-hybridized carbons (Fsp3) is 0.286. The van der Waals surface area contributed by atoms with Gasteiger partial charge in [-0.3, -0.25) is 9.59 Å². The monoisotopic (exact) mass is 413 g/mol. The van der Waals surface area contributed by atoms with E-state index in [4.69, 9.17) is 14.2 Å². The molecular formula is C21H23N3O6. The molecule has 1 aliphatic heterocycles. The van der Waals surface area contributed by atoms with E-state index in [0.29, 0.717) is 48.9 Å². The van der Waals surface area contributed by atoms with Crippen molar-refractivity contribution in [3.63, 3.8) is 0 Å². The van der Waals surface area contributed by atoms with E-state index >= 15 is 0 Å². The molecule has 0 bridgehead atoms. The molecule has 1 heterocycles. The van der Waals surface area contributed by atoms with Gasteiger partial charge in [-0.2, -0.15) is 5.10 Å². The summed E-state index contributed by atoms with van der Waals surface area (Å²) in [6.45, 7) is 2.10. The molecule has 1 saturated heterocycles. The molecule has 0 spiro atoms. The number of amides is 2. The fourth-order valence-electron chi connectivity index (χ4n) is 2.77. The van der Waals surface area contributed by atoms with Crippen molar-refractivity contribution in [2.45, 2.75) is 0 Å². The summed E-state index contributed by atoms with van der Waals surface area (Å²) in [7, 11) is 1.50. The molecule has 9 heteroatoms. The van der Waals surface area contributed by atoms with E-state index in [-0.39, 0.29) is 18.3 Å². The lowest BCUT2D eigenvalue weighted by molar-refractivity contribution is -0.137. The minimum Gasteiger partial charge on any atom is -0.508 e. The van der Waals surface area contributed by atoms with Crippen LogP contribution in [-0.4, -0.2) is 68.1 Å². The minimum atomic E-state index is -0.403. The van der Waals surface area contributed by atoms with Crippen LogP contribution in [0.15, 0.2) is 47.6 Å². The van der Waals surface area contributed by atoms with Gasteiger partial charge < -0.3 is 24.2 Å². The van der Waals surface area contributed by atoms with Gasteiger partial charge in [0.15, 0.2) is 18.1 Å².